The number of benzene rings is 2. The highest BCUT2D eigenvalue weighted by Gasteiger charge is 2.16. The van der Waals surface area contributed by atoms with Gasteiger partial charge >= 0.3 is 0 Å². The number of fused-ring (bicyclic) bond motifs is 1. The van der Waals surface area contributed by atoms with Crippen molar-refractivity contribution in [3.05, 3.63) is 65.5 Å². The Morgan fingerprint density at radius 1 is 1.05 bits per heavy atom. The summed E-state index contributed by atoms with van der Waals surface area (Å²) >= 11 is 0. The van der Waals surface area contributed by atoms with Gasteiger partial charge in [0.15, 0.2) is 11.5 Å². The maximum Gasteiger partial charge on any atom is 0.198 e. The van der Waals surface area contributed by atoms with E-state index in [0.29, 0.717) is 12.3 Å². The van der Waals surface area contributed by atoms with Gasteiger partial charge in [0.25, 0.3) is 0 Å². The normalized spacial score (nSPS) is 13.5. The van der Waals surface area contributed by atoms with Crippen LogP contribution < -0.4 is 0 Å². The standard InChI is InChI=1S/C19H21NO2/c1-19(2,3)14-10-8-13(9-11-14)16(21)12-18-20-15-6-4-5-7-17(15)22-18/h4-11,16,21H,12H2,1-3H3/t16-/m0/s1. The van der Waals surface area contributed by atoms with Crippen LogP contribution in [0.3, 0.4) is 0 Å². The van der Waals surface area contributed by atoms with E-state index in [4.69, 9.17) is 4.42 Å². The highest BCUT2D eigenvalue weighted by atomic mass is 16.4. The van der Waals surface area contributed by atoms with Gasteiger partial charge in [-0.1, -0.05) is 57.2 Å². The number of hydrogen-bond donors (Lipinski definition) is 1. The van der Waals surface area contributed by atoms with E-state index in [1.54, 1.807) is 0 Å². The molecule has 0 aliphatic rings. The van der Waals surface area contributed by atoms with Gasteiger partial charge in [-0.15, -0.1) is 0 Å². The summed E-state index contributed by atoms with van der Waals surface area (Å²) in [5.74, 6) is 0.564. The average molecular weight is 295 g/mol. The third-order valence-electron chi connectivity index (χ3n) is 3.87. The summed E-state index contributed by atoms with van der Waals surface area (Å²) in [5.41, 5.74) is 3.84. The maximum absolute atomic E-state index is 10.4. The van der Waals surface area contributed by atoms with Crippen LogP contribution in [0.1, 0.15) is 43.9 Å². The first-order valence-corrected chi connectivity index (χ1v) is 7.56. The van der Waals surface area contributed by atoms with Crippen LogP contribution >= 0.6 is 0 Å². The van der Waals surface area contributed by atoms with Crippen molar-refractivity contribution in [2.45, 2.75) is 38.7 Å². The van der Waals surface area contributed by atoms with Crippen LogP contribution in [-0.2, 0) is 11.8 Å². The van der Waals surface area contributed by atoms with Gasteiger partial charge in [-0.25, -0.2) is 4.98 Å². The lowest BCUT2D eigenvalue weighted by molar-refractivity contribution is 0.169. The maximum atomic E-state index is 10.4. The second-order valence-corrected chi connectivity index (χ2v) is 6.67. The Morgan fingerprint density at radius 3 is 2.36 bits per heavy atom. The molecule has 0 amide bonds. The SMILES string of the molecule is CC(C)(C)c1ccc([C@@H](O)Cc2nc3ccccc3o2)cc1. The molecule has 0 saturated carbocycles. The highest BCUT2D eigenvalue weighted by Crippen LogP contribution is 2.26. The number of aliphatic hydroxyl groups is 1. The molecule has 114 valence electrons. The molecular weight excluding hydrogens is 274 g/mol. The van der Waals surface area contributed by atoms with E-state index < -0.39 is 6.10 Å². The first kappa shape index (κ1) is 14.8. The molecule has 0 unspecified atom stereocenters. The molecule has 0 radical (unpaired) electrons. The predicted molar refractivity (Wildman–Crippen MR) is 87.8 cm³/mol. The molecule has 0 saturated heterocycles. The Kier molecular flexibility index (Phi) is 3.75. The molecule has 1 heterocycles. The van der Waals surface area contributed by atoms with E-state index in [2.05, 4.69) is 37.9 Å². The monoisotopic (exact) mass is 295 g/mol. The highest BCUT2D eigenvalue weighted by molar-refractivity contribution is 5.72. The molecule has 22 heavy (non-hydrogen) atoms. The summed E-state index contributed by atoms with van der Waals surface area (Å²) in [6.45, 7) is 6.53. The minimum atomic E-state index is -0.609. The van der Waals surface area contributed by atoms with Gasteiger partial charge in [-0.05, 0) is 28.7 Å². The van der Waals surface area contributed by atoms with Gasteiger partial charge in [-0.2, -0.15) is 0 Å². The minimum absolute atomic E-state index is 0.115. The Balaban J connectivity index is 1.77. The molecule has 0 aliphatic heterocycles. The minimum Gasteiger partial charge on any atom is -0.441 e. The molecular formula is C19H21NO2. The number of nitrogens with zero attached hydrogens (tertiary/aromatic N) is 1. The molecule has 1 aromatic heterocycles. The van der Waals surface area contributed by atoms with E-state index >= 15 is 0 Å². The van der Waals surface area contributed by atoms with Crippen molar-refractivity contribution in [3.63, 3.8) is 0 Å². The van der Waals surface area contributed by atoms with Crippen LogP contribution in [0.4, 0.5) is 0 Å². The zero-order valence-electron chi connectivity index (χ0n) is 13.2. The lowest BCUT2D eigenvalue weighted by atomic mass is 9.86. The number of aliphatic hydroxyl groups excluding tert-OH is 1. The molecule has 3 aromatic rings. The Hall–Kier alpha value is -2.13. The van der Waals surface area contributed by atoms with Gasteiger partial charge in [0, 0.05) is 0 Å². The number of para-hydroxylation sites is 2. The second kappa shape index (κ2) is 5.58. The quantitative estimate of drug-likeness (QED) is 0.779. The van der Waals surface area contributed by atoms with E-state index in [0.717, 1.165) is 16.7 Å². The van der Waals surface area contributed by atoms with Crippen molar-refractivity contribution in [2.75, 3.05) is 0 Å². The van der Waals surface area contributed by atoms with Crippen molar-refractivity contribution in [2.24, 2.45) is 0 Å². The third kappa shape index (κ3) is 3.04. The molecule has 0 bridgehead atoms. The van der Waals surface area contributed by atoms with Crippen LogP contribution in [0.5, 0.6) is 0 Å². The summed E-state index contributed by atoms with van der Waals surface area (Å²) in [4.78, 5) is 4.41. The zero-order chi connectivity index (χ0) is 15.7. The van der Waals surface area contributed by atoms with Gasteiger partial charge in [0.2, 0.25) is 0 Å². The molecule has 2 aromatic carbocycles. The largest absolute Gasteiger partial charge is 0.441 e. The van der Waals surface area contributed by atoms with Crippen LogP contribution in [0, 0.1) is 0 Å². The summed E-state index contributed by atoms with van der Waals surface area (Å²) in [7, 11) is 0. The molecule has 3 rings (SSSR count). The predicted octanol–water partition coefficient (Wildman–Crippen LogP) is 4.40. The smallest absolute Gasteiger partial charge is 0.198 e. The van der Waals surface area contributed by atoms with E-state index in [-0.39, 0.29) is 5.41 Å². The molecule has 1 atom stereocenters. The van der Waals surface area contributed by atoms with Crippen molar-refractivity contribution >= 4 is 11.1 Å². The van der Waals surface area contributed by atoms with E-state index in [9.17, 15) is 5.11 Å². The van der Waals surface area contributed by atoms with Crippen LogP contribution in [0.25, 0.3) is 11.1 Å². The number of oxazole rings is 1. The first-order valence-electron chi connectivity index (χ1n) is 7.56. The number of rotatable bonds is 3. The Morgan fingerprint density at radius 2 is 1.73 bits per heavy atom. The van der Waals surface area contributed by atoms with Gasteiger partial charge in [0.05, 0.1) is 12.5 Å². The molecule has 1 N–H and O–H groups in total. The fourth-order valence-corrected chi connectivity index (χ4v) is 2.50. The molecule has 0 fully saturated rings. The van der Waals surface area contributed by atoms with Gasteiger partial charge in [-0.3, -0.25) is 0 Å². The lowest BCUT2D eigenvalue weighted by Gasteiger charge is -2.19. The fourth-order valence-electron chi connectivity index (χ4n) is 2.50. The van der Waals surface area contributed by atoms with Crippen LogP contribution in [-0.4, -0.2) is 10.1 Å². The van der Waals surface area contributed by atoms with Crippen molar-refractivity contribution in [3.8, 4) is 0 Å². The summed E-state index contributed by atoms with van der Waals surface area (Å²) in [6, 6.07) is 15.7. The average Bonchev–Trinajstić information content (AvgIpc) is 2.88. The zero-order valence-corrected chi connectivity index (χ0v) is 13.2. The van der Waals surface area contributed by atoms with Gasteiger partial charge in [0.1, 0.15) is 5.52 Å². The number of aromatic nitrogens is 1. The number of hydrogen-bond acceptors (Lipinski definition) is 3. The molecule has 0 spiro atoms. The van der Waals surface area contributed by atoms with Gasteiger partial charge < -0.3 is 9.52 Å². The molecule has 0 aliphatic carbocycles. The summed E-state index contributed by atoms with van der Waals surface area (Å²) in [5, 5.41) is 10.4. The lowest BCUT2D eigenvalue weighted by Crippen LogP contribution is -2.11. The summed E-state index contributed by atoms with van der Waals surface area (Å²) in [6.07, 6.45) is -0.231. The van der Waals surface area contributed by atoms with Crippen molar-refractivity contribution in [1.82, 2.24) is 4.98 Å². The Labute approximate surface area is 130 Å². The fraction of sp³-hybridized carbons (Fsp3) is 0.316. The van der Waals surface area contributed by atoms with Crippen LogP contribution in [0.2, 0.25) is 0 Å². The Bertz CT molecular complexity index is 733. The van der Waals surface area contributed by atoms with E-state index in [1.807, 2.05) is 36.4 Å². The molecule has 3 heteroatoms. The van der Waals surface area contributed by atoms with Crippen molar-refractivity contribution in [1.29, 1.82) is 0 Å². The first-order chi connectivity index (χ1) is 10.4. The van der Waals surface area contributed by atoms with Crippen molar-refractivity contribution < 1.29 is 9.52 Å². The molecule has 3 nitrogen and oxygen atoms in total. The van der Waals surface area contributed by atoms with E-state index in [1.165, 1.54) is 5.56 Å². The summed E-state index contributed by atoms with van der Waals surface area (Å²) < 4.78 is 5.67. The second-order valence-electron chi connectivity index (χ2n) is 6.67. The van der Waals surface area contributed by atoms with Crippen LogP contribution in [0.15, 0.2) is 52.9 Å². The topological polar surface area (TPSA) is 46.3 Å². The third-order valence-corrected chi connectivity index (χ3v) is 3.87.